The molecule has 0 unspecified atom stereocenters. The fraction of sp³-hybridized carbons (Fsp3) is 0.214. The van der Waals surface area contributed by atoms with Crippen LogP contribution in [-0.2, 0) is 0 Å². The van der Waals surface area contributed by atoms with Crippen LogP contribution < -0.4 is 10.6 Å². The monoisotopic (exact) mass is 289 g/mol. The zero-order valence-corrected chi connectivity index (χ0v) is 12.0. The maximum absolute atomic E-state index is 11.9. The number of carbonyl (C=O) groups is 2. The highest BCUT2D eigenvalue weighted by atomic mass is 32.1. The second kappa shape index (κ2) is 6.29. The summed E-state index contributed by atoms with van der Waals surface area (Å²) in [5.41, 5.74) is 3.04. The van der Waals surface area contributed by atoms with E-state index in [-0.39, 0.29) is 17.9 Å². The Morgan fingerprint density at radius 2 is 2.05 bits per heavy atom. The van der Waals surface area contributed by atoms with E-state index in [0.717, 1.165) is 0 Å². The minimum atomic E-state index is -0.285. The van der Waals surface area contributed by atoms with Crippen molar-refractivity contribution in [2.24, 2.45) is 0 Å². The summed E-state index contributed by atoms with van der Waals surface area (Å²) in [6.07, 6.45) is 0. The van der Waals surface area contributed by atoms with Crippen LogP contribution >= 0.6 is 11.3 Å². The van der Waals surface area contributed by atoms with Gasteiger partial charge in [0.1, 0.15) is 5.69 Å². The Labute approximate surface area is 121 Å². The molecule has 2 rings (SSSR count). The molecule has 0 fully saturated rings. The molecule has 6 heteroatoms. The van der Waals surface area contributed by atoms with Gasteiger partial charge in [-0.15, -0.1) is 11.3 Å². The van der Waals surface area contributed by atoms with Crippen LogP contribution in [0.5, 0.6) is 0 Å². The van der Waals surface area contributed by atoms with Gasteiger partial charge >= 0.3 is 0 Å². The molecule has 5 nitrogen and oxygen atoms in total. The van der Waals surface area contributed by atoms with Crippen molar-refractivity contribution >= 4 is 28.8 Å². The molecule has 1 aromatic heterocycles. The maximum Gasteiger partial charge on any atom is 0.275 e. The molecule has 0 spiro atoms. The number of hydrogen-bond donors (Lipinski definition) is 2. The van der Waals surface area contributed by atoms with E-state index in [2.05, 4.69) is 15.6 Å². The Morgan fingerprint density at radius 3 is 2.70 bits per heavy atom. The van der Waals surface area contributed by atoms with E-state index in [4.69, 9.17) is 0 Å². The van der Waals surface area contributed by atoms with Gasteiger partial charge in [-0.2, -0.15) is 0 Å². The summed E-state index contributed by atoms with van der Waals surface area (Å²) in [6, 6.07) is 6.87. The van der Waals surface area contributed by atoms with Crippen molar-refractivity contribution in [1.82, 2.24) is 10.3 Å². The number of benzene rings is 1. The molecule has 0 bridgehead atoms. The quantitative estimate of drug-likeness (QED) is 0.908. The lowest BCUT2D eigenvalue weighted by Gasteiger charge is -2.09. The first-order valence-corrected chi connectivity index (χ1v) is 7.11. The van der Waals surface area contributed by atoms with Gasteiger partial charge in [0.25, 0.3) is 11.8 Å². The summed E-state index contributed by atoms with van der Waals surface area (Å²) in [5, 5.41) is 7.19. The van der Waals surface area contributed by atoms with Crippen molar-refractivity contribution in [3.63, 3.8) is 0 Å². The van der Waals surface area contributed by atoms with Crippen molar-refractivity contribution in [1.29, 1.82) is 0 Å². The molecule has 1 aromatic carbocycles. The fourth-order valence-electron chi connectivity index (χ4n) is 1.60. The first-order chi connectivity index (χ1) is 9.56. The Hall–Kier alpha value is -2.21. The van der Waals surface area contributed by atoms with Crippen molar-refractivity contribution in [2.75, 3.05) is 5.32 Å². The predicted molar refractivity (Wildman–Crippen MR) is 79.1 cm³/mol. The molecule has 0 aliphatic rings. The predicted octanol–water partition coefficient (Wildman–Crippen LogP) is 2.53. The molecule has 0 atom stereocenters. The van der Waals surface area contributed by atoms with Crippen LogP contribution in [0.15, 0.2) is 35.2 Å². The summed E-state index contributed by atoms with van der Waals surface area (Å²) in [7, 11) is 0. The number of aromatic nitrogens is 1. The van der Waals surface area contributed by atoms with Crippen molar-refractivity contribution in [3.8, 4) is 0 Å². The normalized spacial score (nSPS) is 10.3. The van der Waals surface area contributed by atoms with E-state index in [1.54, 1.807) is 35.2 Å². The zero-order valence-electron chi connectivity index (χ0n) is 11.2. The topological polar surface area (TPSA) is 71.1 Å². The Morgan fingerprint density at radius 1 is 1.25 bits per heavy atom. The van der Waals surface area contributed by atoms with E-state index < -0.39 is 0 Å². The van der Waals surface area contributed by atoms with Crippen LogP contribution in [0.2, 0.25) is 0 Å². The maximum atomic E-state index is 11.9. The molecule has 0 saturated heterocycles. The number of hydrogen-bond acceptors (Lipinski definition) is 4. The molecule has 0 saturated carbocycles. The summed E-state index contributed by atoms with van der Waals surface area (Å²) in [5.74, 6) is -0.447. The van der Waals surface area contributed by atoms with E-state index in [9.17, 15) is 9.59 Å². The van der Waals surface area contributed by atoms with E-state index in [1.165, 1.54) is 11.3 Å². The number of anilines is 1. The van der Waals surface area contributed by atoms with Gasteiger partial charge in [0.15, 0.2) is 0 Å². The van der Waals surface area contributed by atoms with Crippen LogP contribution in [0.4, 0.5) is 5.69 Å². The van der Waals surface area contributed by atoms with Crippen LogP contribution in [-0.4, -0.2) is 22.8 Å². The molecule has 20 heavy (non-hydrogen) atoms. The van der Waals surface area contributed by atoms with E-state index >= 15 is 0 Å². The minimum absolute atomic E-state index is 0.0655. The molecule has 0 aliphatic carbocycles. The molecular formula is C14H15N3O2S. The number of rotatable bonds is 4. The van der Waals surface area contributed by atoms with Crippen molar-refractivity contribution in [2.45, 2.75) is 19.9 Å². The lowest BCUT2D eigenvalue weighted by atomic mass is 10.1. The second-order valence-corrected chi connectivity index (χ2v) is 5.26. The highest BCUT2D eigenvalue weighted by Crippen LogP contribution is 2.12. The van der Waals surface area contributed by atoms with Gasteiger partial charge in [0.05, 0.1) is 5.51 Å². The average Bonchev–Trinajstić information content (AvgIpc) is 2.92. The first kappa shape index (κ1) is 14.2. The molecule has 2 amide bonds. The van der Waals surface area contributed by atoms with Gasteiger partial charge in [-0.3, -0.25) is 9.59 Å². The fourth-order valence-corrected chi connectivity index (χ4v) is 2.14. The van der Waals surface area contributed by atoms with Gasteiger partial charge < -0.3 is 10.6 Å². The van der Waals surface area contributed by atoms with Crippen molar-refractivity contribution < 1.29 is 9.59 Å². The average molecular weight is 289 g/mol. The molecule has 2 aromatic rings. The van der Waals surface area contributed by atoms with Crippen LogP contribution in [0.3, 0.4) is 0 Å². The number of carbonyl (C=O) groups excluding carboxylic acids is 2. The smallest absolute Gasteiger partial charge is 0.275 e. The third-order valence-electron chi connectivity index (χ3n) is 2.47. The van der Waals surface area contributed by atoms with E-state index in [0.29, 0.717) is 16.9 Å². The van der Waals surface area contributed by atoms with Gasteiger partial charge in [-0.1, -0.05) is 6.07 Å². The van der Waals surface area contributed by atoms with E-state index in [1.807, 2.05) is 13.8 Å². The second-order valence-electron chi connectivity index (χ2n) is 4.54. The third-order valence-corrected chi connectivity index (χ3v) is 3.05. The van der Waals surface area contributed by atoms with Crippen molar-refractivity contribution in [3.05, 3.63) is 46.4 Å². The first-order valence-electron chi connectivity index (χ1n) is 6.16. The molecular weight excluding hydrogens is 274 g/mol. The number of thiazole rings is 1. The largest absolute Gasteiger partial charge is 0.350 e. The lowest BCUT2D eigenvalue weighted by molar-refractivity contribution is 0.0941. The highest BCUT2D eigenvalue weighted by Gasteiger charge is 2.10. The minimum Gasteiger partial charge on any atom is -0.350 e. The Balaban J connectivity index is 2.10. The SMILES string of the molecule is CC(C)NC(=O)c1cccc(NC(=O)c2cscn2)c1. The molecule has 2 N–H and O–H groups in total. The molecule has 104 valence electrons. The zero-order chi connectivity index (χ0) is 14.5. The summed E-state index contributed by atoms with van der Waals surface area (Å²) >= 11 is 1.36. The number of nitrogens with zero attached hydrogens (tertiary/aromatic N) is 1. The van der Waals surface area contributed by atoms with Crippen LogP contribution in [0.25, 0.3) is 0 Å². The van der Waals surface area contributed by atoms with Gasteiger partial charge in [-0.25, -0.2) is 4.98 Å². The van der Waals surface area contributed by atoms with Crippen LogP contribution in [0.1, 0.15) is 34.7 Å². The van der Waals surface area contributed by atoms with Gasteiger partial charge in [0, 0.05) is 22.7 Å². The van der Waals surface area contributed by atoms with Crippen LogP contribution in [0, 0.1) is 0 Å². The lowest BCUT2D eigenvalue weighted by Crippen LogP contribution is -2.30. The van der Waals surface area contributed by atoms with Gasteiger partial charge in [-0.05, 0) is 32.0 Å². The Bertz CT molecular complexity index is 609. The summed E-state index contributed by atoms with van der Waals surface area (Å²) in [6.45, 7) is 3.79. The number of amides is 2. The molecule has 0 radical (unpaired) electrons. The Kier molecular flexibility index (Phi) is 4.47. The van der Waals surface area contributed by atoms with Gasteiger partial charge in [0.2, 0.25) is 0 Å². The molecule has 1 heterocycles. The number of nitrogens with one attached hydrogen (secondary N) is 2. The molecule has 0 aliphatic heterocycles. The summed E-state index contributed by atoms with van der Waals surface area (Å²) in [4.78, 5) is 27.7. The summed E-state index contributed by atoms with van der Waals surface area (Å²) < 4.78 is 0. The third kappa shape index (κ3) is 3.64. The standard InChI is InChI=1S/C14H15N3O2S/c1-9(2)16-13(18)10-4-3-5-11(6-10)17-14(19)12-7-20-8-15-12/h3-9H,1-2H3,(H,16,18)(H,17,19). The highest BCUT2D eigenvalue weighted by molar-refractivity contribution is 7.07.